The topological polar surface area (TPSA) is 101 Å². The Kier molecular flexibility index (Phi) is 8.37. The fourth-order valence-corrected chi connectivity index (χ4v) is 3.53. The monoisotopic (exact) mass is 359 g/mol. The summed E-state index contributed by atoms with van der Waals surface area (Å²) >= 11 is 0. The molecule has 0 aromatic carbocycles. The molecule has 9 heteroatoms. The van der Waals surface area contributed by atoms with Crippen molar-refractivity contribution in [3.05, 3.63) is 11.4 Å². The quantitative estimate of drug-likeness (QED) is 0.495. The van der Waals surface area contributed by atoms with Crippen molar-refractivity contribution in [2.45, 2.75) is 26.8 Å². The average molecular weight is 359 g/mol. The Morgan fingerprint density at radius 3 is 2.46 bits per heavy atom. The van der Waals surface area contributed by atoms with Crippen LogP contribution >= 0.6 is 0 Å². The summed E-state index contributed by atoms with van der Waals surface area (Å²) in [6, 6.07) is 0.0552. The molecule has 1 fully saturated rings. The third kappa shape index (κ3) is 5.88. The largest absolute Gasteiger partial charge is 0.390 e. The van der Waals surface area contributed by atoms with Crippen molar-refractivity contribution in [3.63, 3.8) is 0 Å². The number of piperazine rings is 1. The summed E-state index contributed by atoms with van der Waals surface area (Å²) in [6.45, 7) is 8.14. The first-order valence-corrected chi connectivity index (χ1v) is 9.66. The highest BCUT2D eigenvalue weighted by atomic mass is 32.2. The van der Waals surface area contributed by atoms with Gasteiger partial charge in [-0.1, -0.05) is 0 Å². The summed E-state index contributed by atoms with van der Waals surface area (Å²) in [7, 11) is -1.50. The van der Waals surface area contributed by atoms with Crippen LogP contribution in [0, 0.1) is 0 Å². The Hall–Kier alpha value is -1.45. The second-order valence-corrected chi connectivity index (χ2v) is 7.91. The molecule has 1 atom stereocenters. The van der Waals surface area contributed by atoms with Crippen LogP contribution in [0.2, 0.25) is 0 Å². The number of hydrogen-bond acceptors (Lipinski definition) is 6. The van der Waals surface area contributed by atoms with Crippen molar-refractivity contribution in [3.8, 4) is 0 Å². The van der Waals surface area contributed by atoms with Gasteiger partial charge in [0.2, 0.25) is 10.0 Å². The van der Waals surface area contributed by atoms with E-state index in [1.54, 1.807) is 20.2 Å². The number of allylic oxidation sites excluding steroid dienone is 1. The second kappa shape index (κ2) is 9.75. The van der Waals surface area contributed by atoms with Crippen molar-refractivity contribution in [1.82, 2.24) is 9.21 Å². The first-order valence-electron chi connectivity index (χ1n) is 8.05. The van der Waals surface area contributed by atoms with Crippen molar-refractivity contribution in [2.24, 2.45) is 15.7 Å². The first-order chi connectivity index (χ1) is 11.4. The summed E-state index contributed by atoms with van der Waals surface area (Å²) in [4.78, 5) is 10.7. The predicted octanol–water partition coefficient (Wildman–Crippen LogP) is 0.278. The molecule has 1 saturated heterocycles. The van der Waals surface area contributed by atoms with E-state index in [0.29, 0.717) is 32.8 Å². The molecule has 0 saturated carbocycles. The SMILES string of the molecule is CCS(=O)(=O)N1CCN(C(N=CN)=C(C)C=N[C@H](C)COC)CC1. The highest BCUT2D eigenvalue weighted by Crippen LogP contribution is 2.16. The number of rotatable bonds is 8. The molecule has 138 valence electrons. The number of nitrogens with two attached hydrogens (primary N) is 1. The minimum absolute atomic E-state index is 0.0552. The average Bonchev–Trinajstić information content (AvgIpc) is 2.58. The summed E-state index contributed by atoms with van der Waals surface area (Å²) in [5.41, 5.74) is 6.35. The van der Waals surface area contributed by atoms with Gasteiger partial charge in [0.15, 0.2) is 0 Å². The van der Waals surface area contributed by atoms with E-state index in [0.717, 1.165) is 11.4 Å². The zero-order chi connectivity index (χ0) is 18.2. The fraction of sp³-hybridized carbons (Fsp3) is 0.733. The third-order valence-corrected chi connectivity index (χ3v) is 5.66. The third-order valence-electron chi connectivity index (χ3n) is 3.78. The number of sulfonamides is 1. The van der Waals surface area contributed by atoms with Gasteiger partial charge < -0.3 is 15.4 Å². The van der Waals surface area contributed by atoms with E-state index < -0.39 is 10.0 Å². The molecule has 0 aromatic rings. The molecule has 0 aliphatic carbocycles. The zero-order valence-electron chi connectivity index (χ0n) is 15.0. The Bertz CT molecular complexity index is 578. The van der Waals surface area contributed by atoms with Gasteiger partial charge in [0.05, 0.1) is 24.7 Å². The van der Waals surface area contributed by atoms with Gasteiger partial charge in [-0.05, 0) is 20.8 Å². The van der Waals surface area contributed by atoms with Gasteiger partial charge in [-0.25, -0.2) is 13.4 Å². The molecule has 1 aliphatic heterocycles. The highest BCUT2D eigenvalue weighted by Gasteiger charge is 2.26. The molecule has 0 unspecified atom stereocenters. The van der Waals surface area contributed by atoms with Crippen molar-refractivity contribution in [2.75, 3.05) is 45.6 Å². The Morgan fingerprint density at radius 2 is 1.96 bits per heavy atom. The van der Waals surface area contributed by atoms with Crippen LogP contribution in [0.3, 0.4) is 0 Å². The highest BCUT2D eigenvalue weighted by molar-refractivity contribution is 7.89. The maximum absolute atomic E-state index is 11.9. The maximum atomic E-state index is 11.9. The van der Waals surface area contributed by atoms with Crippen LogP contribution in [0.4, 0.5) is 0 Å². The lowest BCUT2D eigenvalue weighted by molar-refractivity contribution is 0.186. The van der Waals surface area contributed by atoms with Gasteiger partial charge in [-0.2, -0.15) is 4.31 Å². The van der Waals surface area contributed by atoms with Crippen LogP contribution < -0.4 is 5.73 Å². The van der Waals surface area contributed by atoms with Crippen LogP contribution in [-0.2, 0) is 14.8 Å². The van der Waals surface area contributed by atoms with Crippen molar-refractivity contribution < 1.29 is 13.2 Å². The van der Waals surface area contributed by atoms with Gasteiger partial charge in [-0.3, -0.25) is 4.99 Å². The van der Waals surface area contributed by atoms with Gasteiger partial charge in [0, 0.05) is 45.1 Å². The lowest BCUT2D eigenvalue weighted by Gasteiger charge is -2.35. The molecule has 1 aliphatic rings. The molecule has 8 nitrogen and oxygen atoms in total. The molecular weight excluding hydrogens is 330 g/mol. The Labute approximate surface area is 145 Å². The Morgan fingerprint density at radius 1 is 1.33 bits per heavy atom. The van der Waals surface area contributed by atoms with E-state index in [-0.39, 0.29) is 11.8 Å². The molecule has 1 heterocycles. The zero-order valence-corrected chi connectivity index (χ0v) is 15.8. The molecule has 24 heavy (non-hydrogen) atoms. The number of hydrogen-bond donors (Lipinski definition) is 1. The minimum atomic E-state index is -3.14. The molecule has 0 amide bonds. The summed E-state index contributed by atoms with van der Waals surface area (Å²) in [5, 5.41) is 0. The molecule has 0 radical (unpaired) electrons. The predicted molar refractivity (Wildman–Crippen MR) is 97.8 cm³/mol. The molecular formula is C15H29N5O3S. The molecule has 0 bridgehead atoms. The van der Waals surface area contributed by atoms with Crippen LogP contribution in [0.5, 0.6) is 0 Å². The molecule has 0 aromatic heterocycles. The number of methoxy groups -OCH3 is 1. The normalized spacial score (nSPS) is 19.9. The molecule has 2 N–H and O–H groups in total. The first kappa shape index (κ1) is 20.6. The second-order valence-electron chi connectivity index (χ2n) is 5.65. The molecule has 1 rings (SSSR count). The summed E-state index contributed by atoms with van der Waals surface area (Å²) in [5.74, 6) is 0.846. The van der Waals surface area contributed by atoms with Crippen LogP contribution in [0.1, 0.15) is 20.8 Å². The van der Waals surface area contributed by atoms with Gasteiger partial charge >= 0.3 is 0 Å². The summed E-state index contributed by atoms with van der Waals surface area (Å²) < 4.78 is 30.5. The van der Waals surface area contributed by atoms with E-state index >= 15 is 0 Å². The fourth-order valence-electron chi connectivity index (χ4n) is 2.45. The van der Waals surface area contributed by atoms with E-state index in [1.807, 2.05) is 18.7 Å². The lowest BCUT2D eigenvalue weighted by atomic mass is 10.2. The standard InChI is InChI=1S/C15H29N5O3S/c1-5-24(21,22)20-8-6-19(7-9-20)15(18-12-16)13(2)10-17-14(3)11-23-4/h10,12,14H,5-9,11H2,1-4H3,(H2,16,18)/t14-/m1/s1. The molecule has 0 spiro atoms. The smallest absolute Gasteiger partial charge is 0.213 e. The van der Waals surface area contributed by atoms with Crippen LogP contribution in [-0.4, -0.2) is 81.9 Å². The van der Waals surface area contributed by atoms with E-state index in [9.17, 15) is 8.42 Å². The van der Waals surface area contributed by atoms with Crippen LogP contribution in [0.25, 0.3) is 0 Å². The van der Waals surface area contributed by atoms with E-state index in [1.165, 1.54) is 10.6 Å². The van der Waals surface area contributed by atoms with Gasteiger partial charge in [0.25, 0.3) is 0 Å². The van der Waals surface area contributed by atoms with E-state index in [4.69, 9.17) is 10.5 Å². The maximum Gasteiger partial charge on any atom is 0.213 e. The number of ether oxygens (including phenoxy) is 1. The number of aliphatic imine (C=N–C) groups is 2. The lowest BCUT2D eigenvalue weighted by Crippen LogP contribution is -2.48. The number of nitrogens with zero attached hydrogens (tertiary/aromatic N) is 4. The van der Waals surface area contributed by atoms with Crippen LogP contribution in [0.15, 0.2) is 21.4 Å². The van der Waals surface area contributed by atoms with E-state index in [2.05, 4.69) is 9.98 Å². The van der Waals surface area contributed by atoms with Crippen molar-refractivity contribution >= 4 is 22.6 Å². The summed E-state index contributed by atoms with van der Waals surface area (Å²) in [6.07, 6.45) is 3.02. The van der Waals surface area contributed by atoms with Gasteiger partial charge in [0.1, 0.15) is 5.82 Å². The van der Waals surface area contributed by atoms with Crippen molar-refractivity contribution in [1.29, 1.82) is 0 Å². The minimum Gasteiger partial charge on any atom is -0.390 e. The van der Waals surface area contributed by atoms with Gasteiger partial charge in [-0.15, -0.1) is 0 Å². The Balaban J connectivity index is 2.85.